The molecule has 2 aliphatic rings. The molecule has 144 valence electrons. The van der Waals surface area contributed by atoms with Crippen LogP contribution in [0.15, 0.2) is 24.4 Å². The van der Waals surface area contributed by atoms with Gasteiger partial charge in [-0.1, -0.05) is 6.42 Å². The van der Waals surface area contributed by atoms with Crippen molar-refractivity contribution in [2.24, 2.45) is 5.92 Å². The molecule has 1 saturated carbocycles. The van der Waals surface area contributed by atoms with Gasteiger partial charge >= 0.3 is 5.97 Å². The first-order chi connectivity index (χ1) is 13.2. The average Bonchev–Trinajstić information content (AvgIpc) is 3.14. The highest BCUT2D eigenvalue weighted by molar-refractivity contribution is 7.15. The second-order valence-corrected chi connectivity index (χ2v) is 8.36. The standard InChI is InChI=1S/C21H25NO4S/c1-24-21(23)17-9-16(20-22-12-19(27-20)15-3-2-4-15)10-18(11-17)26-13-14-5-7-25-8-6-14/h9-12,14-15H,2-8,13H2,1H3. The van der Waals surface area contributed by atoms with E-state index in [0.717, 1.165) is 36.6 Å². The number of nitrogens with zero attached hydrogens (tertiary/aromatic N) is 1. The largest absolute Gasteiger partial charge is 0.493 e. The van der Waals surface area contributed by atoms with E-state index in [-0.39, 0.29) is 5.97 Å². The number of thiazole rings is 1. The minimum atomic E-state index is -0.358. The number of rotatable bonds is 6. The Morgan fingerprint density at radius 1 is 1.22 bits per heavy atom. The average molecular weight is 388 g/mol. The van der Waals surface area contributed by atoms with Crippen molar-refractivity contribution in [1.29, 1.82) is 0 Å². The predicted octanol–water partition coefficient (Wildman–Crippen LogP) is 4.67. The second-order valence-electron chi connectivity index (χ2n) is 7.30. The SMILES string of the molecule is COC(=O)c1cc(OCC2CCOCC2)cc(-c2ncc(C3CCC3)s2)c1. The number of aromatic nitrogens is 1. The zero-order chi connectivity index (χ0) is 18.6. The van der Waals surface area contributed by atoms with Gasteiger partial charge in [-0.3, -0.25) is 0 Å². The smallest absolute Gasteiger partial charge is 0.338 e. The molecule has 27 heavy (non-hydrogen) atoms. The van der Waals surface area contributed by atoms with Crippen LogP contribution in [0, 0.1) is 5.92 Å². The molecule has 2 heterocycles. The molecule has 0 bridgehead atoms. The highest BCUT2D eigenvalue weighted by atomic mass is 32.1. The Kier molecular flexibility index (Phi) is 5.74. The molecule has 0 amide bonds. The van der Waals surface area contributed by atoms with E-state index in [1.165, 1.54) is 31.2 Å². The summed E-state index contributed by atoms with van der Waals surface area (Å²) < 4.78 is 16.4. The van der Waals surface area contributed by atoms with Crippen LogP contribution in [0.25, 0.3) is 10.6 Å². The van der Waals surface area contributed by atoms with Crippen LogP contribution < -0.4 is 4.74 Å². The van der Waals surface area contributed by atoms with Gasteiger partial charge in [0.2, 0.25) is 0 Å². The van der Waals surface area contributed by atoms with Crippen LogP contribution in [0.5, 0.6) is 5.75 Å². The Hall–Kier alpha value is -1.92. The number of hydrogen-bond donors (Lipinski definition) is 0. The number of esters is 1. The summed E-state index contributed by atoms with van der Waals surface area (Å²) in [4.78, 5) is 18.1. The monoisotopic (exact) mass is 387 g/mol. The summed E-state index contributed by atoms with van der Waals surface area (Å²) in [5, 5.41) is 0.929. The summed E-state index contributed by atoms with van der Waals surface area (Å²) in [6, 6.07) is 5.58. The van der Waals surface area contributed by atoms with Crippen LogP contribution in [0.1, 0.15) is 53.3 Å². The summed E-state index contributed by atoms with van der Waals surface area (Å²) in [6.07, 6.45) is 7.82. The molecule has 0 radical (unpaired) electrons. The van der Waals surface area contributed by atoms with Crippen molar-refractivity contribution in [3.63, 3.8) is 0 Å². The molecular formula is C21H25NO4S. The molecule has 6 heteroatoms. The van der Waals surface area contributed by atoms with Gasteiger partial charge in [0.05, 0.1) is 19.3 Å². The van der Waals surface area contributed by atoms with Crippen LogP contribution in [0.4, 0.5) is 0 Å². The molecule has 1 saturated heterocycles. The van der Waals surface area contributed by atoms with Crippen molar-refractivity contribution in [1.82, 2.24) is 4.98 Å². The van der Waals surface area contributed by atoms with Crippen molar-refractivity contribution in [2.75, 3.05) is 26.9 Å². The van der Waals surface area contributed by atoms with Crippen LogP contribution >= 0.6 is 11.3 Å². The fourth-order valence-corrected chi connectivity index (χ4v) is 4.54. The fourth-order valence-electron chi connectivity index (χ4n) is 3.47. The van der Waals surface area contributed by atoms with Crippen LogP contribution in [0.2, 0.25) is 0 Å². The maximum absolute atomic E-state index is 12.1. The van der Waals surface area contributed by atoms with Gasteiger partial charge < -0.3 is 14.2 Å². The summed E-state index contributed by atoms with van der Waals surface area (Å²) in [5.41, 5.74) is 1.41. The highest BCUT2D eigenvalue weighted by Gasteiger charge is 2.23. The van der Waals surface area contributed by atoms with Gasteiger partial charge in [0, 0.05) is 29.9 Å². The van der Waals surface area contributed by atoms with E-state index in [1.807, 2.05) is 18.3 Å². The first-order valence-corrected chi connectivity index (χ1v) is 10.4. The normalized spacial score (nSPS) is 18.1. The summed E-state index contributed by atoms with van der Waals surface area (Å²) in [6.45, 7) is 2.23. The fraction of sp³-hybridized carbons (Fsp3) is 0.524. The Morgan fingerprint density at radius 3 is 2.74 bits per heavy atom. The number of ether oxygens (including phenoxy) is 3. The first-order valence-electron chi connectivity index (χ1n) is 9.63. The zero-order valence-electron chi connectivity index (χ0n) is 15.6. The Labute approximate surface area is 163 Å². The third-order valence-electron chi connectivity index (χ3n) is 5.43. The van der Waals surface area contributed by atoms with Crippen molar-refractivity contribution in [3.05, 3.63) is 34.8 Å². The van der Waals surface area contributed by atoms with Gasteiger partial charge in [0.15, 0.2) is 0 Å². The number of carbonyl (C=O) groups excluding carboxylic acids is 1. The molecular weight excluding hydrogens is 362 g/mol. The predicted molar refractivity (Wildman–Crippen MR) is 105 cm³/mol. The van der Waals surface area contributed by atoms with E-state index in [4.69, 9.17) is 14.2 Å². The van der Waals surface area contributed by atoms with E-state index in [1.54, 1.807) is 17.4 Å². The van der Waals surface area contributed by atoms with Gasteiger partial charge in [-0.25, -0.2) is 9.78 Å². The lowest BCUT2D eigenvalue weighted by Gasteiger charge is -2.23. The van der Waals surface area contributed by atoms with Crippen LogP contribution in [-0.4, -0.2) is 37.9 Å². The molecule has 1 aromatic carbocycles. The second kappa shape index (κ2) is 8.40. The number of benzene rings is 1. The molecule has 0 N–H and O–H groups in total. The third-order valence-corrected chi connectivity index (χ3v) is 6.64. The maximum Gasteiger partial charge on any atom is 0.338 e. The van der Waals surface area contributed by atoms with E-state index in [2.05, 4.69) is 4.98 Å². The molecule has 4 rings (SSSR count). The molecule has 1 aliphatic heterocycles. The molecule has 5 nitrogen and oxygen atoms in total. The highest BCUT2D eigenvalue weighted by Crippen LogP contribution is 2.41. The van der Waals surface area contributed by atoms with Crippen LogP contribution in [-0.2, 0) is 9.47 Å². The van der Waals surface area contributed by atoms with E-state index < -0.39 is 0 Å². The van der Waals surface area contributed by atoms with Crippen molar-refractivity contribution in [2.45, 2.75) is 38.0 Å². The van der Waals surface area contributed by atoms with Gasteiger partial charge in [-0.15, -0.1) is 11.3 Å². The van der Waals surface area contributed by atoms with Gasteiger partial charge in [0.25, 0.3) is 0 Å². The van der Waals surface area contributed by atoms with Crippen molar-refractivity contribution >= 4 is 17.3 Å². The minimum Gasteiger partial charge on any atom is -0.493 e. The molecule has 1 aliphatic carbocycles. The molecule has 0 spiro atoms. The maximum atomic E-state index is 12.1. The molecule has 2 fully saturated rings. The van der Waals surface area contributed by atoms with E-state index in [0.29, 0.717) is 29.8 Å². The van der Waals surface area contributed by atoms with E-state index >= 15 is 0 Å². The van der Waals surface area contributed by atoms with Gasteiger partial charge in [-0.05, 0) is 55.7 Å². The van der Waals surface area contributed by atoms with Crippen molar-refractivity contribution < 1.29 is 19.0 Å². The lowest BCUT2D eigenvalue weighted by atomic mass is 9.85. The first kappa shape index (κ1) is 18.4. The van der Waals surface area contributed by atoms with Crippen molar-refractivity contribution in [3.8, 4) is 16.3 Å². The Bertz CT molecular complexity index is 793. The minimum absolute atomic E-state index is 0.358. The lowest BCUT2D eigenvalue weighted by molar-refractivity contribution is 0.0497. The number of methoxy groups -OCH3 is 1. The Balaban J connectivity index is 1.55. The molecule has 0 atom stereocenters. The lowest BCUT2D eigenvalue weighted by Crippen LogP contribution is -2.21. The van der Waals surface area contributed by atoms with Gasteiger partial charge in [0.1, 0.15) is 10.8 Å². The summed E-state index contributed by atoms with van der Waals surface area (Å²) in [7, 11) is 1.40. The Morgan fingerprint density at radius 2 is 2.04 bits per heavy atom. The number of carbonyl (C=O) groups is 1. The van der Waals surface area contributed by atoms with Gasteiger partial charge in [-0.2, -0.15) is 0 Å². The quantitative estimate of drug-likeness (QED) is 0.674. The van der Waals surface area contributed by atoms with Crippen LogP contribution in [0.3, 0.4) is 0 Å². The summed E-state index contributed by atoms with van der Waals surface area (Å²) >= 11 is 1.72. The molecule has 0 unspecified atom stereocenters. The number of hydrogen-bond acceptors (Lipinski definition) is 6. The molecule has 1 aromatic heterocycles. The topological polar surface area (TPSA) is 57.7 Å². The summed E-state index contributed by atoms with van der Waals surface area (Å²) in [5.74, 6) is 1.49. The third kappa shape index (κ3) is 4.33. The van der Waals surface area contributed by atoms with E-state index in [9.17, 15) is 4.79 Å². The zero-order valence-corrected chi connectivity index (χ0v) is 16.4. The molecule has 2 aromatic rings.